The Morgan fingerprint density at radius 2 is 0.912 bits per heavy atom. The van der Waals surface area contributed by atoms with Crippen LogP contribution in [0.4, 0.5) is 17.1 Å². The van der Waals surface area contributed by atoms with Crippen LogP contribution in [-0.4, -0.2) is 11.6 Å². The number of Topliss-reactive ketones (excluding diaryl/α,β-unsaturated/α-hetero) is 2. The fraction of sp³-hybridized carbons (Fsp3) is 0.355. The number of benzene rings is 3. The number of hydrogen-bond acceptors (Lipinski definition) is 3. The third-order valence-corrected chi connectivity index (χ3v) is 5.70. The molecule has 0 fully saturated rings. The molecule has 3 aromatic rings. The van der Waals surface area contributed by atoms with Crippen molar-refractivity contribution in [1.82, 2.24) is 0 Å². The molecule has 0 radical (unpaired) electrons. The minimum absolute atomic E-state index is 0.190. The van der Waals surface area contributed by atoms with E-state index in [1.165, 1.54) is 5.56 Å². The van der Waals surface area contributed by atoms with E-state index in [-0.39, 0.29) is 11.6 Å². The zero-order valence-corrected chi connectivity index (χ0v) is 21.4. The van der Waals surface area contributed by atoms with Crippen molar-refractivity contribution in [2.75, 3.05) is 4.90 Å². The van der Waals surface area contributed by atoms with Gasteiger partial charge in [0.1, 0.15) is 0 Å². The summed E-state index contributed by atoms with van der Waals surface area (Å²) in [5.74, 6) is 0.380. The molecule has 0 aliphatic rings. The van der Waals surface area contributed by atoms with Gasteiger partial charge < -0.3 is 4.90 Å². The van der Waals surface area contributed by atoms with E-state index < -0.39 is 0 Å². The lowest BCUT2D eigenvalue weighted by molar-refractivity contribution is 0.0972. The van der Waals surface area contributed by atoms with Crippen molar-refractivity contribution in [1.29, 1.82) is 0 Å². The molecule has 180 valence electrons. The third-order valence-electron chi connectivity index (χ3n) is 5.70. The first kappa shape index (κ1) is 27.0. The number of carbonyl (C=O) groups is 2. The molecule has 0 heterocycles. The normalized spacial score (nSPS) is 10.3. The molecule has 0 unspecified atom stereocenters. The molecule has 0 saturated carbocycles. The average Bonchev–Trinajstić information content (AvgIpc) is 2.89. The van der Waals surface area contributed by atoms with E-state index in [4.69, 9.17) is 0 Å². The van der Waals surface area contributed by atoms with Gasteiger partial charge in [0.25, 0.3) is 0 Å². The van der Waals surface area contributed by atoms with Crippen LogP contribution in [0.25, 0.3) is 0 Å². The molecule has 3 nitrogen and oxygen atoms in total. The predicted molar refractivity (Wildman–Crippen MR) is 145 cm³/mol. The van der Waals surface area contributed by atoms with Crippen LogP contribution in [0.1, 0.15) is 92.5 Å². The first-order chi connectivity index (χ1) is 16.5. The van der Waals surface area contributed by atoms with Gasteiger partial charge in [-0.25, -0.2) is 0 Å². The Balaban J connectivity index is 0.00000199. The van der Waals surface area contributed by atoms with E-state index >= 15 is 0 Å². The van der Waals surface area contributed by atoms with Gasteiger partial charge in [-0.3, -0.25) is 9.59 Å². The van der Waals surface area contributed by atoms with E-state index in [1.807, 2.05) is 62.4 Å². The highest BCUT2D eigenvalue weighted by Crippen LogP contribution is 2.35. The molecule has 0 amide bonds. The van der Waals surface area contributed by atoms with Crippen LogP contribution >= 0.6 is 0 Å². The highest BCUT2D eigenvalue weighted by Gasteiger charge is 2.14. The van der Waals surface area contributed by atoms with Gasteiger partial charge in [-0.05, 0) is 80.4 Å². The summed E-state index contributed by atoms with van der Waals surface area (Å²) >= 11 is 0. The molecule has 3 aromatic carbocycles. The van der Waals surface area contributed by atoms with Crippen molar-refractivity contribution in [3.05, 3.63) is 89.5 Å². The predicted octanol–water partition coefficient (Wildman–Crippen LogP) is 9.24. The molecule has 0 aromatic heterocycles. The first-order valence-electron chi connectivity index (χ1n) is 12.7. The van der Waals surface area contributed by atoms with Gasteiger partial charge in [0.2, 0.25) is 0 Å². The van der Waals surface area contributed by atoms with E-state index in [0.717, 1.165) is 53.9 Å². The van der Waals surface area contributed by atoms with Crippen LogP contribution in [0, 0.1) is 6.92 Å². The van der Waals surface area contributed by atoms with Crippen molar-refractivity contribution in [3.8, 4) is 0 Å². The van der Waals surface area contributed by atoms with Crippen molar-refractivity contribution < 1.29 is 9.59 Å². The topological polar surface area (TPSA) is 37.4 Å². The van der Waals surface area contributed by atoms with E-state index in [2.05, 4.69) is 49.9 Å². The summed E-state index contributed by atoms with van der Waals surface area (Å²) in [6.07, 6.45) is 5.04. The Hall–Kier alpha value is -3.20. The van der Waals surface area contributed by atoms with Gasteiger partial charge in [-0.2, -0.15) is 0 Å². The SMILES string of the molecule is CC.CCCCC(=O)c1ccc(N(c2ccc(C)cc2)c2ccc(C(=O)CCCC)cc2)cc1. The summed E-state index contributed by atoms with van der Waals surface area (Å²) < 4.78 is 0. The second kappa shape index (κ2) is 14.1. The van der Waals surface area contributed by atoms with E-state index in [9.17, 15) is 9.59 Å². The Labute approximate surface area is 205 Å². The fourth-order valence-electron chi connectivity index (χ4n) is 3.70. The molecule has 0 bridgehead atoms. The average molecular weight is 458 g/mol. The summed E-state index contributed by atoms with van der Waals surface area (Å²) in [4.78, 5) is 26.9. The smallest absolute Gasteiger partial charge is 0.162 e. The van der Waals surface area contributed by atoms with Crippen LogP contribution < -0.4 is 4.90 Å². The molecule has 0 spiro atoms. The largest absolute Gasteiger partial charge is 0.311 e. The minimum Gasteiger partial charge on any atom is -0.311 e. The van der Waals surface area contributed by atoms with Crippen LogP contribution in [0.2, 0.25) is 0 Å². The summed E-state index contributed by atoms with van der Waals surface area (Å²) in [6.45, 7) is 10.3. The molecular formula is C31H39NO2. The van der Waals surface area contributed by atoms with Crippen LogP contribution in [-0.2, 0) is 0 Å². The van der Waals surface area contributed by atoms with Crippen LogP contribution in [0.15, 0.2) is 72.8 Å². The summed E-state index contributed by atoms with van der Waals surface area (Å²) in [6, 6.07) is 24.0. The van der Waals surface area contributed by atoms with Crippen molar-refractivity contribution in [2.45, 2.75) is 73.1 Å². The lowest BCUT2D eigenvalue weighted by Crippen LogP contribution is -2.11. The minimum atomic E-state index is 0.190. The lowest BCUT2D eigenvalue weighted by atomic mass is 10.0. The molecule has 3 rings (SSSR count). The number of hydrogen-bond donors (Lipinski definition) is 0. The number of ketones is 2. The van der Waals surface area contributed by atoms with E-state index in [0.29, 0.717) is 12.8 Å². The molecule has 0 N–H and O–H groups in total. The third kappa shape index (κ3) is 7.41. The van der Waals surface area contributed by atoms with Gasteiger partial charge in [0, 0.05) is 41.0 Å². The number of unbranched alkanes of at least 4 members (excludes halogenated alkanes) is 2. The molecule has 0 saturated heterocycles. The molecule has 0 atom stereocenters. The second-order valence-electron chi connectivity index (χ2n) is 8.32. The maximum Gasteiger partial charge on any atom is 0.162 e. The van der Waals surface area contributed by atoms with Crippen LogP contribution in [0.3, 0.4) is 0 Å². The number of aryl methyl sites for hydroxylation is 1. The molecule has 34 heavy (non-hydrogen) atoms. The molecule has 3 heteroatoms. The maximum atomic E-state index is 12.4. The number of anilines is 3. The van der Waals surface area contributed by atoms with Crippen molar-refractivity contribution >= 4 is 28.6 Å². The van der Waals surface area contributed by atoms with Gasteiger partial charge >= 0.3 is 0 Å². The van der Waals surface area contributed by atoms with Gasteiger partial charge in [0.05, 0.1) is 0 Å². The maximum absolute atomic E-state index is 12.4. The number of carbonyl (C=O) groups excluding carboxylic acids is 2. The zero-order chi connectivity index (χ0) is 24.9. The summed E-state index contributed by atoms with van der Waals surface area (Å²) in [5.41, 5.74) is 5.69. The number of rotatable bonds is 11. The standard InChI is InChI=1S/C29H33NO2.C2H6/c1-4-6-8-28(31)23-12-18-26(19-13-23)30(25-16-10-22(3)11-17-25)27-20-14-24(15-21-27)29(32)9-7-5-2;1-2/h10-21H,4-9H2,1-3H3;1-2H3. The zero-order valence-electron chi connectivity index (χ0n) is 21.4. The summed E-state index contributed by atoms with van der Waals surface area (Å²) in [7, 11) is 0. The Kier molecular flexibility index (Phi) is 11.3. The quantitative estimate of drug-likeness (QED) is 0.269. The van der Waals surface area contributed by atoms with Crippen molar-refractivity contribution in [3.63, 3.8) is 0 Å². The number of nitrogens with zero attached hydrogens (tertiary/aromatic N) is 1. The second-order valence-corrected chi connectivity index (χ2v) is 8.32. The first-order valence-corrected chi connectivity index (χ1v) is 12.7. The van der Waals surface area contributed by atoms with E-state index in [1.54, 1.807) is 0 Å². The van der Waals surface area contributed by atoms with Gasteiger partial charge in [-0.15, -0.1) is 0 Å². The molecular weight excluding hydrogens is 418 g/mol. The fourth-order valence-corrected chi connectivity index (χ4v) is 3.70. The molecule has 0 aliphatic heterocycles. The molecule has 0 aliphatic carbocycles. The monoisotopic (exact) mass is 457 g/mol. The van der Waals surface area contributed by atoms with Gasteiger partial charge in [0.15, 0.2) is 11.6 Å². The highest BCUT2D eigenvalue weighted by molar-refractivity contribution is 5.97. The highest BCUT2D eigenvalue weighted by atomic mass is 16.1. The Morgan fingerprint density at radius 1 is 0.588 bits per heavy atom. The summed E-state index contributed by atoms with van der Waals surface area (Å²) in [5, 5.41) is 0. The Morgan fingerprint density at radius 3 is 1.24 bits per heavy atom. The van der Waals surface area contributed by atoms with Crippen LogP contribution in [0.5, 0.6) is 0 Å². The van der Waals surface area contributed by atoms with Gasteiger partial charge in [-0.1, -0.05) is 58.2 Å². The lowest BCUT2D eigenvalue weighted by Gasteiger charge is -2.26. The Bertz CT molecular complexity index is 955. The van der Waals surface area contributed by atoms with Crippen molar-refractivity contribution in [2.24, 2.45) is 0 Å².